The number of benzene rings is 2. The Morgan fingerprint density at radius 2 is 1.68 bits per heavy atom. The predicted molar refractivity (Wildman–Crippen MR) is 101 cm³/mol. The van der Waals surface area contributed by atoms with Crippen molar-refractivity contribution in [2.75, 3.05) is 4.90 Å². The Kier molecular flexibility index (Phi) is 4.19. The van der Waals surface area contributed by atoms with Crippen LogP contribution in [-0.4, -0.2) is 34.0 Å². The van der Waals surface area contributed by atoms with Crippen LogP contribution in [0.25, 0.3) is 0 Å². The quantitative estimate of drug-likeness (QED) is 0.703. The first-order valence-electron chi connectivity index (χ1n) is 9.03. The van der Waals surface area contributed by atoms with Crippen molar-refractivity contribution in [3.05, 3.63) is 59.2 Å². The van der Waals surface area contributed by atoms with E-state index in [9.17, 15) is 24.6 Å². The Balaban J connectivity index is 1.80. The highest BCUT2D eigenvalue weighted by Crippen LogP contribution is 2.47. The fourth-order valence-corrected chi connectivity index (χ4v) is 4.19. The average Bonchev–Trinajstić information content (AvgIpc) is 3.16. The van der Waals surface area contributed by atoms with E-state index in [2.05, 4.69) is 5.32 Å². The van der Waals surface area contributed by atoms with Crippen LogP contribution in [-0.2, 0) is 14.4 Å². The number of fused-ring (bicyclic) bond motifs is 1. The van der Waals surface area contributed by atoms with Crippen molar-refractivity contribution in [2.45, 2.75) is 25.9 Å². The Bertz CT molecular complexity index is 1000. The Morgan fingerprint density at radius 1 is 1.00 bits per heavy atom. The van der Waals surface area contributed by atoms with Gasteiger partial charge in [-0.15, -0.1) is 0 Å². The van der Waals surface area contributed by atoms with Crippen molar-refractivity contribution < 1.29 is 24.6 Å². The minimum absolute atomic E-state index is 0.0466. The summed E-state index contributed by atoms with van der Waals surface area (Å²) in [6.45, 7) is 3.82. The Labute approximate surface area is 161 Å². The molecule has 2 fully saturated rings. The van der Waals surface area contributed by atoms with Gasteiger partial charge in [0.15, 0.2) is 0 Å². The average molecular weight is 380 g/mol. The van der Waals surface area contributed by atoms with E-state index in [1.54, 1.807) is 30.3 Å². The number of carbonyl (C=O) groups excluding carboxylic acids is 2. The molecule has 28 heavy (non-hydrogen) atoms. The van der Waals surface area contributed by atoms with Gasteiger partial charge in [0, 0.05) is 11.6 Å². The summed E-state index contributed by atoms with van der Waals surface area (Å²) in [6, 6.07) is 9.75. The molecule has 0 aromatic heterocycles. The van der Waals surface area contributed by atoms with Crippen LogP contribution in [0.4, 0.5) is 5.69 Å². The molecular formula is C21H20N2O5. The summed E-state index contributed by atoms with van der Waals surface area (Å²) in [5, 5.41) is 22.7. The maximum Gasteiger partial charge on any atom is 0.321 e. The molecule has 0 aliphatic carbocycles. The number of imide groups is 1. The van der Waals surface area contributed by atoms with Gasteiger partial charge in [0.05, 0.1) is 17.5 Å². The number of anilines is 1. The number of aliphatic carboxylic acids is 1. The first-order chi connectivity index (χ1) is 13.3. The number of amides is 2. The molecular weight excluding hydrogens is 360 g/mol. The van der Waals surface area contributed by atoms with Crippen LogP contribution in [0.15, 0.2) is 42.5 Å². The minimum Gasteiger partial charge on any atom is -0.508 e. The topological polar surface area (TPSA) is 107 Å². The molecule has 0 radical (unpaired) electrons. The molecule has 7 heteroatoms. The van der Waals surface area contributed by atoms with E-state index >= 15 is 0 Å². The number of nitrogens with zero attached hydrogens (tertiary/aromatic N) is 1. The highest BCUT2D eigenvalue weighted by Gasteiger charge is 2.61. The van der Waals surface area contributed by atoms with E-state index in [4.69, 9.17) is 0 Å². The second kappa shape index (κ2) is 6.45. The van der Waals surface area contributed by atoms with Gasteiger partial charge in [-0.3, -0.25) is 19.7 Å². The van der Waals surface area contributed by atoms with Crippen LogP contribution in [0.2, 0.25) is 0 Å². The number of para-hydroxylation sites is 1. The zero-order valence-corrected chi connectivity index (χ0v) is 15.4. The molecule has 2 aromatic rings. The van der Waals surface area contributed by atoms with E-state index in [1.807, 2.05) is 19.9 Å². The van der Waals surface area contributed by atoms with Gasteiger partial charge in [-0.05, 0) is 43.2 Å². The van der Waals surface area contributed by atoms with Gasteiger partial charge < -0.3 is 10.2 Å². The van der Waals surface area contributed by atoms with Crippen molar-refractivity contribution in [3.63, 3.8) is 0 Å². The molecule has 4 unspecified atom stereocenters. The van der Waals surface area contributed by atoms with Gasteiger partial charge in [-0.25, -0.2) is 4.90 Å². The summed E-state index contributed by atoms with van der Waals surface area (Å²) >= 11 is 0. The number of aryl methyl sites for hydroxylation is 2. The molecule has 2 amide bonds. The second-order valence-corrected chi connectivity index (χ2v) is 7.35. The lowest BCUT2D eigenvalue weighted by Gasteiger charge is -2.22. The molecule has 3 N–H and O–H groups in total. The molecule has 7 nitrogen and oxygen atoms in total. The molecule has 4 rings (SSSR count). The molecule has 144 valence electrons. The van der Waals surface area contributed by atoms with Crippen molar-refractivity contribution in [3.8, 4) is 5.75 Å². The molecule has 2 aliphatic heterocycles. The maximum atomic E-state index is 13.2. The molecule has 2 saturated heterocycles. The monoisotopic (exact) mass is 380 g/mol. The van der Waals surface area contributed by atoms with Crippen molar-refractivity contribution in [1.29, 1.82) is 0 Å². The zero-order chi connectivity index (χ0) is 20.2. The van der Waals surface area contributed by atoms with Gasteiger partial charge in [0.25, 0.3) is 0 Å². The summed E-state index contributed by atoms with van der Waals surface area (Å²) in [6.07, 6.45) is 0. The number of carboxylic acids is 1. The summed E-state index contributed by atoms with van der Waals surface area (Å²) in [5.41, 5.74) is 2.80. The number of carboxylic acid groups (broad SMARTS) is 1. The number of hydrogen-bond acceptors (Lipinski definition) is 5. The zero-order valence-electron chi connectivity index (χ0n) is 15.4. The van der Waals surface area contributed by atoms with E-state index in [1.165, 1.54) is 6.07 Å². The van der Waals surface area contributed by atoms with Gasteiger partial charge in [-0.2, -0.15) is 0 Å². The fraction of sp³-hybridized carbons (Fsp3) is 0.286. The number of nitrogens with one attached hydrogen (secondary N) is 1. The van der Waals surface area contributed by atoms with E-state index < -0.39 is 41.7 Å². The summed E-state index contributed by atoms with van der Waals surface area (Å²) in [4.78, 5) is 39.2. The number of carbonyl (C=O) groups is 3. The van der Waals surface area contributed by atoms with Crippen LogP contribution in [0, 0.1) is 25.7 Å². The van der Waals surface area contributed by atoms with E-state index in [-0.39, 0.29) is 5.75 Å². The van der Waals surface area contributed by atoms with Gasteiger partial charge >= 0.3 is 5.97 Å². The number of hydrogen-bond donors (Lipinski definition) is 3. The SMILES string of the molecule is Cc1ccc(N2C(=O)C3C(C(=O)O)NC(c4ccccc4O)C3C2=O)cc1C. The first-order valence-corrected chi connectivity index (χ1v) is 9.03. The second-order valence-electron chi connectivity index (χ2n) is 7.35. The van der Waals surface area contributed by atoms with Crippen molar-refractivity contribution in [2.24, 2.45) is 11.8 Å². The van der Waals surface area contributed by atoms with Gasteiger partial charge in [0.2, 0.25) is 11.8 Å². The van der Waals surface area contributed by atoms with Gasteiger partial charge in [-0.1, -0.05) is 24.3 Å². The van der Waals surface area contributed by atoms with Crippen LogP contribution in [0.3, 0.4) is 0 Å². The highest BCUT2D eigenvalue weighted by atomic mass is 16.4. The number of aromatic hydroxyl groups is 1. The largest absolute Gasteiger partial charge is 0.508 e. The lowest BCUT2D eigenvalue weighted by atomic mass is 9.86. The van der Waals surface area contributed by atoms with Crippen molar-refractivity contribution >= 4 is 23.5 Å². The number of phenols is 1. The van der Waals surface area contributed by atoms with E-state index in [0.29, 0.717) is 11.3 Å². The first kappa shape index (κ1) is 18.2. The smallest absolute Gasteiger partial charge is 0.321 e. The molecule has 2 heterocycles. The number of phenolic OH excluding ortho intramolecular Hbond substituents is 1. The fourth-order valence-electron chi connectivity index (χ4n) is 4.19. The third kappa shape index (κ3) is 2.58. The minimum atomic E-state index is -1.21. The Hall–Kier alpha value is -3.19. The van der Waals surface area contributed by atoms with Crippen LogP contribution >= 0.6 is 0 Å². The summed E-state index contributed by atoms with van der Waals surface area (Å²) in [5.74, 6) is -4.16. The number of rotatable bonds is 3. The molecule has 2 aromatic carbocycles. The van der Waals surface area contributed by atoms with Crippen LogP contribution in [0.5, 0.6) is 5.75 Å². The van der Waals surface area contributed by atoms with Crippen LogP contribution < -0.4 is 10.2 Å². The Morgan fingerprint density at radius 3 is 2.32 bits per heavy atom. The van der Waals surface area contributed by atoms with Gasteiger partial charge in [0.1, 0.15) is 11.8 Å². The normalized spacial score (nSPS) is 26.6. The summed E-state index contributed by atoms with van der Waals surface area (Å²) in [7, 11) is 0. The standard InChI is InChI=1S/C21H20N2O5/c1-10-7-8-12(9-11(10)2)23-19(25)15-16(20(23)26)18(21(27)28)22-17(15)13-5-3-4-6-14(13)24/h3-9,15-18,22,24H,1-2H3,(H,27,28). The third-order valence-corrected chi connectivity index (χ3v) is 5.76. The van der Waals surface area contributed by atoms with Crippen LogP contribution in [0.1, 0.15) is 22.7 Å². The molecule has 4 atom stereocenters. The highest BCUT2D eigenvalue weighted by molar-refractivity contribution is 6.23. The molecule has 0 spiro atoms. The summed E-state index contributed by atoms with van der Waals surface area (Å²) < 4.78 is 0. The lowest BCUT2D eigenvalue weighted by molar-refractivity contribution is -0.142. The third-order valence-electron chi connectivity index (χ3n) is 5.76. The molecule has 0 bridgehead atoms. The molecule has 0 saturated carbocycles. The molecule has 2 aliphatic rings. The van der Waals surface area contributed by atoms with E-state index in [0.717, 1.165) is 16.0 Å². The lowest BCUT2D eigenvalue weighted by Crippen LogP contribution is -2.43. The predicted octanol–water partition coefficient (Wildman–Crippen LogP) is 1.91. The maximum absolute atomic E-state index is 13.2. The van der Waals surface area contributed by atoms with Crippen molar-refractivity contribution in [1.82, 2.24) is 5.32 Å².